The Bertz CT molecular complexity index is 19.2. The van der Waals surface area contributed by atoms with Gasteiger partial charge in [0.1, 0.15) is 0 Å². The van der Waals surface area contributed by atoms with Gasteiger partial charge < -0.3 is 4.39 Å². The molecule has 3 heteroatoms. The summed E-state index contributed by atoms with van der Waals surface area (Å²) in [6, 6.07) is 0. The van der Waals surface area contributed by atoms with Crippen molar-refractivity contribution in [1.29, 1.82) is 0 Å². The van der Waals surface area contributed by atoms with E-state index in [1.165, 1.54) is 0 Å². The van der Waals surface area contributed by atoms with E-state index in [2.05, 4.69) is 0 Å². The summed E-state index contributed by atoms with van der Waals surface area (Å²) in [5.74, 6) is 0. The molecule has 0 nitrogen and oxygen atoms in total. The molecule has 0 radical (unpaired) electrons. The second-order valence-corrected chi connectivity index (χ2v) is 0.943. The van der Waals surface area contributed by atoms with Crippen LogP contribution < -0.4 is 0 Å². The van der Waals surface area contributed by atoms with Crippen LogP contribution in [0, 0.1) is 6.67 Å². The smallest absolute Gasteiger partial charge is 0 e. The van der Waals surface area contributed by atoms with E-state index in [0.29, 0.717) is 13.1 Å². The standard InChI is InChI=1S/C4H8F.BrH.Zn/c1-2-3-4-5;;/h4H,2-3H2,1H3;1H;/q-1;;. The molecule has 0 amide bonds. The van der Waals surface area contributed by atoms with Gasteiger partial charge in [0.2, 0.25) is 0 Å². The molecule has 0 aromatic rings. The Hall–Kier alpha value is 1.03. The van der Waals surface area contributed by atoms with Crippen molar-refractivity contribution < 1.29 is 23.9 Å². The van der Waals surface area contributed by atoms with Gasteiger partial charge in [-0.3, -0.25) is 0 Å². The van der Waals surface area contributed by atoms with Crippen LogP contribution in [0.3, 0.4) is 0 Å². The van der Waals surface area contributed by atoms with Gasteiger partial charge in [0.05, 0.1) is 0 Å². The summed E-state index contributed by atoms with van der Waals surface area (Å²) in [7, 11) is 0. The maximum Gasteiger partial charge on any atom is 0 e. The van der Waals surface area contributed by atoms with Crippen molar-refractivity contribution in [2.45, 2.75) is 19.8 Å². The molecule has 0 heterocycles. The Kier molecular flexibility index (Phi) is 35.3. The molecule has 0 aliphatic carbocycles. The summed E-state index contributed by atoms with van der Waals surface area (Å²) >= 11 is 0. The summed E-state index contributed by atoms with van der Waals surface area (Å²) < 4.78 is 10.9. The first kappa shape index (κ1) is 15.7. The predicted molar refractivity (Wildman–Crippen MR) is 30.6 cm³/mol. The van der Waals surface area contributed by atoms with Crippen LogP contribution in [0.25, 0.3) is 0 Å². The Morgan fingerprint density at radius 2 is 2.00 bits per heavy atom. The summed E-state index contributed by atoms with van der Waals surface area (Å²) in [6.45, 7) is 2.62. The summed E-state index contributed by atoms with van der Waals surface area (Å²) in [4.78, 5) is 0. The minimum absolute atomic E-state index is 0. The molecule has 0 aromatic carbocycles. The molecule has 0 fully saturated rings. The molecule has 0 saturated heterocycles. The van der Waals surface area contributed by atoms with E-state index in [4.69, 9.17) is 0 Å². The van der Waals surface area contributed by atoms with Crippen LogP contribution in [-0.4, -0.2) is 0 Å². The fourth-order valence-electron chi connectivity index (χ4n) is 0.109. The third kappa shape index (κ3) is 19.4. The van der Waals surface area contributed by atoms with Crippen LogP contribution in [-0.2, 0) is 19.5 Å². The molecule has 7 heavy (non-hydrogen) atoms. The van der Waals surface area contributed by atoms with E-state index in [0.717, 1.165) is 6.42 Å². The van der Waals surface area contributed by atoms with E-state index >= 15 is 0 Å². The van der Waals surface area contributed by atoms with Crippen LogP contribution in [0.5, 0.6) is 0 Å². The van der Waals surface area contributed by atoms with Crippen molar-refractivity contribution in [3.05, 3.63) is 6.67 Å². The fraction of sp³-hybridized carbons (Fsp3) is 0.750. The zero-order valence-corrected chi connectivity index (χ0v) is 9.17. The molecule has 0 aliphatic rings. The Morgan fingerprint density at radius 3 is 2.00 bits per heavy atom. The van der Waals surface area contributed by atoms with Crippen molar-refractivity contribution in [3.8, 4) is 0 Å². The van der Waals surface area contributed by atoms with Crippen molar-refractivity contribution in [2.75, 3.05) is 0 Å². The molecule has 0 bridgehead atoms. The van der Waals surface area contributed by atoms with Crippen LogP contribution in [0.15, 0.2) is 0 Å². The first-order chi connectivity index (χ1) is 2.41. The van der Waals surface area contributed by atoms with Crippen LogP contribution >= 0.6 is 17.0 Å². The Balaban J connectivity index is -0.0000000800. The zero-order valence-electron chi connectivity index (χ0n) is 4.48. The van der Waals surface area contributed by atoms with Crippen molar-refractivity contribution in [3.63, 3.8) is 0 Å². The number of halogens is 2. The van der Waals surface area contributed by atoms with E-state index in [9.17, 15) is 4.39 Å². The number of hydrogen-bond acceptors (Lipinski definition) is 0. The van der Waals surface area contributed by atoms with E-state index in [-0.39, 0.29) is 36.5 Å². The topological polar surface area (TPSA) is 0 Å². The van der Waals surface area contributed by atoms with Crippen LogP contribution in [0.1, 0.15) is 19.8 Å². The molecule has 0 aromatic heterocycles. The average Bonchev–Trinajstić information content (AvgIpc) is 1.41. The SMILES string of the molecule is Br.CCC[CH-]F.[Zn]. The molecule has 0 rings (SSSR count). The van der Waals surface area contributed by atoms with Gasteiger partial charge in [0, 0.05) is 19.5 Å². The van der Waals surface area contributed by atoms with Gasteiger partial charge >= 0.3 is 0 Å². The maximum atomic E-state index is 10.9. The number of hydrogen-bond donors (Lipinski definition) is 0. The van der Waals surface area contributed by atoms with Gasteiger partial charge in [0.15, 0.2) is 0 Å². The van der Waals surface area contributed by atoms with Gasteiger partial charge in [-0.05, 0) is 0 Å². The van der Waals surface area contributed by atoms with Crippen molar-refractivity contribution >= 4 is 17.0 Å². The van der Waals surface area contributed by atoms with Gasteiger partial charge in [-0.25, -0.2) is 0 Å². The summed E-state index contributed by atoms with van der Waals surface area (Å²) in [6.07, 6.45) is 1.51. The van der Waals surface area contributed by atoms with Crippen molar-refractivity contribution in [1.82, 2.24) is 0 Å². The van der Waals surface area contributed by atoms with E-state index in [1.54, 1.807) is 0 Å². The zero-order chi connectivity index (χ0) is 4.12. The average molecular weight is 221 g/mol. The number of rotatable bonds is 2. The first-order valence-corrected chi connectivity index (χ1v) is 1.83. The maximum absolute atomic E-state index is 10.9. The number of unbranched alkanes of at least 4 members (excludes halogenated alkanes) is 1. The molecule has 0 unspecified atom stereocenters. The molecule has 42 valence electrons. The largest absolute Gasteiger partial charge is 0.459 e. The predicted octanol–water partition coefficient (Wildman–Crippen LogP) is 2.49. The second kappa shape index (κ2) is 15.7. The molecular formula is C4H9BrFZn-. The van der Waals surface area contributed by atoms with E-state index < -0.39 is 0 Å². The molecular weight excluding hydrogens is 212 g/mol. The van der Waals surface area contributed by atoms with Crippen LogP contribution in [0.4, 0.5) is 4.39 Å². The molecule has 0 saturated carbocycles. The van der Waals surface area contributed by atoms with E-state index in [1.807, 2.05) is 6.92 Å². The Labute approximate surface area is 67.4 Å². The summed E-state index contributed by atoms with van der Waals surface area (Å²) in [5.41, 5.74) is 0. The minimum atomic E-state index is 0. The minimum Gasteiger partial charge on any atom is -0.459 e. The Morgan fingerprint density at radius 1 is 1.57 bits per heavy atom. The molecule has 0 aliphatic heterocycles. The third-order valence-corrected chi connectivity index (χ3v) is 0.398. The van der Waals surface area contributed by atoms with Gasteiger partial charge in [-0.2, -0.15) is 13.1 Å². The molecule has 0 atom stereocenters. The summed E-state index contributed by atoms with van der Waals surface area (Å²) in [5, 5.41) is 0. The quantitative estimate of drug-likeness (QED) is 0.496. The molecule has 0 spiro atoms. The second-order valence-electron chi connectivity index (χ2n) is 0.943. The van der Waals surface area contributed by atoms with Gasteiger partial charge in [-0.1, -0.05) is 13.3 Å². The first-order valence-electron chi connectivity index (χ1n) is 1.83. The molecule has 0 N–H and O–H groups in total. The normalized spacial score (nSPS) is 6.00. The van der Waals surface area contributed by atoms with Gasteiger partial charge in [-0.15, -0.1) is 17.0 Å². The fourth-order valence-corrected chi connectivity index (χ4v) is 0.109. The third-order valence-electron chi connectivity index (χ3n) is 0.398. The van der Waals surface area contributed by atoms with Gasteiger partial charge in [0.25, 0.3) is 0 Å². The monoisotopic (exact) mass is 219 g/mol. The van der Waals surface area contributed by atoms with Crippen molar-refractivity contribution in [2.24, 2.45) is 0 Å². The van der Waals surface area contributed by atoms with Crippen LogP contribution in [0.2, 0.25) is 0 Å².